The number of halogens is 3. The Bertz CT molecular complexity index is 1010. The van der Waals surface area contributed by atoms with Gasteiger partial charge in [0.05, 0.1) is 5.02 Å². The van der Waals surface area contributed by atoms with Crippen molar-refractivity contribution in [1.29, 1.82) is 0 Å². The van der Waals surface area contributed by atoms with E-state index in [-0.39, 0.29) is 17.6 Å². The third kappa shape index (κ3) is 3.85. The van der Waals surface area contributed by atoms with E-state index in [0.29, 0.717) is 32.9 Å². The van der Waals surface area contributed by atoms with Crippen molar-refractivity contribution in [2.45, 2.75) is 5.92 Å². The third-order valence-corrected chi connectivity index (χ3v) is 5.96. The Morgan fingerprint density at radius 3 is 2.39 bits per heavy atom. The predicted molar refractivity (Wildman–Crippen MR) is 114 cm³/mol. The van der Waals surface area contributed by atoms with Crippen LogP contribution >= 0.6 is 34.8 Å². The van der Waals surface area contributed by atoms with Gasteiger partial charge in [-0.25, -0.2) is 0 Å². The van der Waals surface area contributed by atoms with Gasteiger partial charge in [0.1, 0.15) is 11.5 Å². The molecule has 0 bridgehead atoms. The lowest BCUT2D eigenvalue weighted by Crippen LogP contribution is -2.22. The highest BCUT2D eigenvalue weighted by molar-refractivity contribution is 6.36. The van der Waals surface area contributed by atoms with Gasteiger partial charge >= 0.3 is 0 Å². The molecule has 0 radical (unpaired) electrons. The first-order valence-electron chi connectivity index (χ1n) is 8.96. The highest BCUT2D eigenvalue weighted by Crippen LogP contribution is 2.38. The monoisotopic (exact) mass is 433 g/mol. The molecule has 0 N–H and O–H groups in total. The Morgan fingerprint density at radius 2 is 1.68 bits per heavy atom. The summed E-state index contributed by atoms with van der Waals surface area (Å²) in [4.78, 5) is 15.3. The summed E-state index contributed by atoms with van der Waals surface area (Å²) in [5.41, 5.74) is 1.45. The summed E-state index contributed by atoms with van der Waals surface area (Å²) in [6, 6.07) is 16.2. The van der Waals surface area contributed by atoms with Gasteiger partial charge in [-0.3, -0.25) is 4.79 Å². The molecule has 2 heterocycles. The zero-order valence-corrected chi connectivity index (χ0v) is 17.4. The molecule has 1 aliphatic rings. The number of hydrogen-bond acceptors (Lipinski definition) is 3. The fourth-order valence-electron chi connectivity index (χ4n) is 3.77. The maximum absolute atomic E-state index is 13.1. The molecule has 3 aromatic rings. The summed E-state index contributed by atoms with van der Waals surface area (Å²) >= 11 is 18.2. The number of rotatable bonds is 4. The van der Waals surface area contributed by atoms with Gasteiger partial charge in [0, 0.05) is 46.1 Å². The van der Waals surface area contributed by atoms with E-state index in [1.54, 1.807) is 36.4 Å². The van der Waals surface area contributed by atoms with Gasteiger partial charge < -0.3 is 9.32 Å². The topological polar surface area (TPSA) is 33.5 Å². The minimum Gasteiger partial charge on any atom is -0.461 e. The highest BCUT2D eigenvalue weighted by atomic mass is 35.5. The van der Waals surface area contributed by atoms with Crippen LogP contribution in [0.1, 0.15) is 22.0 Å². The van der Waals surface area contributed by atoms with Crippen LogP contribution in [0.5, 0.6) is 0 Å². The molecule has 1 aliphatic heterocycles. The summed E-state index contributed by atoms with van der Waals surface area (Å²) in [5, 5.41) is 1.73. The van der Waals surface area contributed by atoms with Crippen molar-refractivity contribution < 1.29 is 9.21 Å². The van der Waals surface area contributed by atoms with E-state index in [0.717, 1.165) is 17.9 Å². The van der Waals surface area contributed by atoms with Gasteiger partial charge in [0.25, 0.3) is 0 Å². The second-order valence-corrected chi connectivity index (χ2v) is 8.41. The first-order valence-corrected chi connectivity index (χ1v) is 10.1. The van der Waals surface area contributed by atoms with E-state index in [4.69, 9.17) is 39.2 Å². The van der Waals surface area contributed by atoms with Crippen LogP contribution in [0.25, 0.3) is 11.3 Å². The summed E-state index contributed by atoms with van der Waals surface area (Å²) in [6.07, 6.45) is 0. The minimum atomic E-state index is -0.175. The van der Waals surface area contributed by atoms with Gasteiger partial charge in [-0.05, 0) is 61.6 Å². The van der Waals surface area contributed by atoms with Crippen molar-refractivity contribution in [2.75, 3.05) is 20.1 Å². The first kappa shape index (κ1) is 19.5. The number of carbonyl (C=O) groups is 1. The number of nitrogens with zero attached hydrogens (tertiary/aromatic N) is 1. The van der Waals surface area contributed by atoms with Gasteiger partial charge in [0.15, 0.2) is 5.78 Å². The zero-order valence-electron chi connectivity index (χ0n) is 15.2. The molecule has 1 fully saturated rings. The molecule has 0 aliphatic carbocycles. The average Bonchev–Trinajstić information content (AvgIpc) is 3.28. The van der Waals surface area contributed by atoms with Gasteiger partial charge in [0.2, 0.25) is 0 Å². The molecule has 2 atom stereocenters. The number of Topliss-reactive ketones (excluding diaryl/α,β-unsaturated/α-hetero) is 1. The average molecular weight is 435 g/mol. The number of likely N-dealkylation sites (N-methyl/N-ethyl adjacent to an activating group) is 1. The minimum absolute atomic E-state index is 0.0204. The Labute approximate surface area is 178 Å². The summed E-state index contributed by atoms with van der Waals surface area (Å²) in [7, 11) is 2.02. The van der Waals surface area contributed by atoms with Crippen molar-refractivity contribution in [2.24, 2.45) is 5.92 Å². The van der Waals surface area contributed by atoms with E-state index >= 15 is 0 Å². The van der Waals surface area contributed by atoms with Crippen molar-refractivity contribution in [1.82, 2.24) is 4.90 Å². The predicted octanol–water partition coefficient (Wildman–Crippen LogP) is 6.43. The molecule has 6 heteroatoms. The van der Waals surface area contributed by atoms with Crippen molar-refractivity contribution in [3.05, 3.63) is 81.0 Å². The lowest BCUT2D eigenvalue weighted by atomic mass is 9.87. The first-order chi connectivity index (χ1) is 13.4. The maximum atomic E-state index is 13.1. The third-order valence-electron chi connectivity index (χ3n) is 5.16. The van der Waals surface area contributed by atoms with Gasteiger partial charge in [-0.15, -0.1) is 0 Å². The van der Waals surface area contributed by atoms with Crippen LogP contribution < -0.4 is 0 Å². The quantitative estimate of drug-likeness (QED) is 0.443. The van der Waals surface area contributed by atoms with E-state index in [9.17, 15) is 4.79 Å². The Kier molecular flexibility index (Phi) is 5.52. The summed E-state index contributed by atoms with van der Waals surface area (Å²) < 4.78 is 6.13. The van der Waals surface area contributed by atoms with Crippen molar-refractivity contribution in [3.8, 4) is 11.3 Å². The molecule has 1 saturated heterocycles. The Hall–Kier alpha value is -1.78. The highest BCUT2D eigenvalue weighted by Gasteiger charge is 2.39. The number of carbonyl (C=O) groups excluding carboxylic acids is 1. The normalized spacial score (nSPS) is 19.9. The van der Waals surface area contributed by atoms with Crippen molar-refractivity contribution >= 4 is 40.6 Å². The van der Waals surface area contributed by atoms with Crippen LogP contribution in [-0.2, 0) is 0 Å². The molecule has 28 heavy (non-hydrogen) atoms. The molecule has 0 amide bonds. The summed E-state index contributed by atoms with van der Waals surface area (Å²) in [6.45, 7) is 1.44. The Morgan fingerprint density at radius 1 is 0.964 bits per heavy atom. The molecule has 1 aromatic heterocycles. The van der Waals surface area contributed by atoms with Gasteiger partial charge in [-0.2, -0.15) is 0 Å². The molecule has 2 unspecified atom stereocenters. The molecule has 0 spiro atoms. The lowest BCUT2D eigenvalue weighted by Gasteiger charge is -2.15. The summed E-state index contributed by atoms with van der Waals surface area (Å²) in [5.74, 6) is 1.37. The fourth-order valence-corrected chi connectivity index (χ4v) is 4.40. The zero-order chi connectivity index (χ0) is 19.8. The number of benzene rings is 2. The van der Waals surface area contributed by atoms with Crippen LogP contribution in [-0.4, -0.2) is 30.8 Å². The molecular formula is C22H18Cl3NO2. The van der Waals surface area contributed by atoms with Crippen LogP contribution in [0.2, 0.25) is 15.1 Å². The molecular weight excluding hydrogens is 417 g/mol. The molecule has 0 saturated carbocycles. The van der Waals surface area contributed by atoms with E-state index < -0.39 is 0 Å². The number of likely N-dealkylation sites (tertiary alicyclic amines) is 1. The lowest BCUT2D eigenvalue weighted by molar-refractivity contribution is 0.0911. The standard InChI is InChI=1S/C22H18Cl3NO2/c1-26-11-17(18(12-26)22(27)13-2-4-14(23)5-3-13)21-9-8-20(28-21)16-7-6-15(24)10-19(16)25/h2-10,17-18H,11-12H2,1H3. The van der Waals surface area contributed by atoms with Gasteiger partial charge in [-0.1, -0.05) is 34.8 Å². The number of hydrogen-bond donors (Lipinski definition) is 0. The van der Waals surface area contributed by atoms with E-state index in [1.807, 2.05) is 25.2 Å². The second kappa shape index (κ2) is 7.92. The molecule has 144 valence electrons. The SMILES string of the molecule is CN1CC(C(=O)c2ccc(Cl)cc2)C(c2ccc(-c3ccc(Cl)cc3Cl)o2)C1. The van der Waals surface area contributed by atoms with Crippen LogP contribution in [0.4, 0.5) is 0 Å². The van der Waals surface area contributed by atoms with E-state index in [1.165, 1.54) is 0 Å². The number of ketones is 1. The van der Waals surface area contributed by atoms with Crippen LogP contribution in [0, 0.1) is 5.92 Å². The molecule has 4 rings (SSSR count). The largest absolute Gasteiger partial charge is 0.461 e. The molecule has 2 aromatic carbocycles. The maximum Gasteiger partial charge on any atom is 0.168 e. The number of furan rings is 1. The van der Waals surface area contributed by atoms with Crippen LogP contribution in [0.3, 0.4) is 0 Å². The molecule has 3 nitrogen and oxygen atoms in total. The van der Waals surface area contributed by atoms with Crippen molar-refractivity contribution in [3.63, 3.8) is 0 Å². The fraction of sp³-hybridized carbons (Fsp3) is 0.227. The Balaban J connectivity index is 1.63. The van der Waals surface area contributed by atoms with E-state index in [2.05, 4.69) is 4.90 Å². The van der Waals surface area contributed by atoms with Crippen LogP contribution in [0.15, 0.2) is 59.0 Å². The smallest absolute Gasteiger partial charge is 0.168 e. The second-order valence-electron chi connectivity index (χ2n) is 7.13.